The molecule has 7 N–H and O–H groups in total. The average molecular weight is 473 g/mol. The summed E-state index contributed by atoms with van der Waals surface area (Å²) in [4.78, 5) is 30.4. The number of carbonyl (C=O) groups is 1. The van der Waals surface area contributed by atoms with Crippen LogP contribution in [-0.4, -0.2) is 31.0 Å². The number of anilines is 1. The first kappa shape index (κ1) is 23.6. The van der Waals surface area contributed by atoms with Crippen molar-refractivity contribution < 1.29 is 18.0 Å². The van der Waals surface area contributed by atoms with E-state index in [0.717, 1.165) is 15.3 Å². The van der Waals surface area contributed by atoms with Gasteiger partial charge in [-0.2, -0.15) is 0 Å². The standard InChI is InChI=1S/C21H24N6O5S/c1-12-7-10-17(20(29)27(12)18(19(22)28)13(2)32-25-21(23)24)26-33(30,31)16-9-8-14-5-3-4-6-15(14)11-16/h3-11,13,18,26H,1-2H3,(H2,22,28)(H4,23,24,25). The Bertz CT molecular complexity index is 1400. The van der Waals surface area contributed by atoms with E-state index in [-0.39, 0.29) is 16.5 Å². The summed E-state index contributed by atoms with van der Waals surface area (Å²) < 4.78 is 29.3. The Morgan fingerprint density at radius 2 is 1.73 bits per heavy atom. The Hall–Kier alpha value is -4.06. The molecule has 0 spiro atoms. The van der Waals surface area contributed by atoms with Crippen molar-refractivity contribution in [2.24, 2.45) is 22.4 Å². The molecule has 0 saturated heterocycles. The van der Waals surface area contributed by atoms with Gasteiger partial charge in [0.05, 0.1) is 4.90 Å². The number of rotatable bonds is 8. The van der Waals surface area contributed by atoms with Crippen LogP contribution in [0.5, 0.6) is 0 Å². The fraction of sp³-hybridized carbons (Fsp3) is 0.190. The number of hydrogen-bond acceptors (Lipinski definition) is 6. The van der Waals surface area contributed by atoms with E-state index in [2.05, 4.69) is 9.88 Å². The van der Waals surface area contributed by atoms with Crippen molar-refractivity contribution in [2.75, 3.05) is 4.72 Å². The highest BCUT2D eigenvalue weighted by molar-refractivity contribution is 7.92. The van der Waals surface area contributed by atoms with Gasteiger partial charge in [0.15, 0.2) is 12.1 Å². The zero-order chi connectivity index (χ0) is 24.3. The van der Waals surface area contributed by atoms with Gasteiger partial charge in [0.1, 0.15) is 5.69 Å². The highest BCUT2D eigenvalue weighted by Gasteiger charge is 2.30. The first-order valence-electron chi connectivity index (χ1n) is 9.79. The number of sulfonamides is 1. The number of primary amides is 1. The van der Waals surface area contributed by atoms with Gasteiger partial charge in [0.25, 0.3) is 15.6 Å². The van der Waals surface area contributed by atoms with E-state index in [9.17, 15) is 18.0 Å². The Kier molecular flexibility index (Phi) is 6.58. The van der Waals surface area contributed by atoms with Crippen LogP contribution in [-0.2, 0) is 19.7 Å². The van der Waals surface area contributed by atoms with Crippen LogP contribution in [0.1, 0.15) is 18.7 Å². The highest BCUT2D eigenvalue weighted by Crippen LogP contribution is 2.22. The lowest BCUT2D eigenvalue weighted by Gasteiger charge is -2.24. The Labute approximate surface area is 189 Å². The van der Waals surface area contributed by atoms with Crippen LogP contribution in [0.15, 0.2) is 69.4 Å². The molecule has 3 aromatic rings. The summed E-state index contributed by atoms with van der Waals surface area (Å²) in [5, 5.41) is 4.99. The first-order chi connectivity index (χ1) is 15.5. The molecule has 0 aliphatic heterocycles. The molecule has 0 saturated carbocycles. The quantitative estimate of drug-likeness (QED) is 0.211. The number of nitrogens with two attached hydrogens (primary N) is 3. The minimum atomic E-state index is -4.11. The maximum absolute atomic E-state index is 13.2. The van der Waals surface area contributed by atoms with Crippen LogP contribution < -0.4 is 27.5 Å². The second kappa shape index (κ2) is 9.20. The second-order valence-electron chi connectivity index (χ2n) is 7.35. The normalized spacial score (nSPS) is 13.2. The summed E-state index contributed by atoms with van der Waals surface area (Å²) in [7, 11) is -4.11. The van der Waals surface area contributed by atoms with Crippen molar-refractivity contribution >= 4 is 38.3 Å². The second-order valence-corrected chi connectivity index (χ2v) is 9.03. The lowest BCUT2D eigenvalue weighted by atomic mass is 10.1. The minimum absolute atomic E-state index is 0.0244. The van der Waals surface area contributed by atoms with Gasteiger partial charge in [0.2, 0.25) is 11.9 Å². The fourth-order valence-corrected chi connectivity index (χ4v) is 4.47. The molecule has 12 heteroatoms. The van der Waals surface area contributed by atoms with Gasteiger partial charge in [-0.3, -0.25) is 18.9 Å². The van der Waals surface area contributed by atoms with E-state index in [4.69, 9.17) is 22.0 Å². The molecule has 0 bridgehead atoms. The highest BCUT2D eigenvalue weighted by atomic mass is 32.2. The molecule has 0 radical (unpaired) electrons. The Balaban J connectivity index is 2.02. The summed E-state index contributed by atoms with van der Waals surface area (Å²) >= 11 is 0. The van der Waals surface area contributed by atoms with Crippen molar-refractivity contribution in [2.45, 2.75) is 30.9 Å². The maximum atomic E-state index is 13.2. The van der Waals surface area contributed by atoms with Crippen molar-refractivity contribution in [1.29, 1.82) is 0 Å². The number of nitrogens with zero attached hydrogens (tertiary/aromatic N) is 2. The fourth-order valence-electron chi connectivity index (χ4n) is 3.38. The number of guanidine groups is 1. The number of carbonyl (C=O) groups excluding carboxylic acids is 1. The monoisotopic (exact) mass is 472 g/mol. The Morgan fingerprint density at radius 3 is 2.36 bits per heavy atom. The summed E-state index contributed by atoms with van der Waals surface area (Å²) in [5.41, 5.74) is 15.3. The molecule has 0 fully saturated rings. The number of fused-ring (bicyclic) bond motifs is 1. The summed E-state index contributed by atoms with van der Waals surface area (Å²) in [5.74, 6) is -1.28. The summed E-state index contributed by atoms with van der Waals surface area (Å²) in [6.07, 6.45) is -1.03. The average Bonchev–Trinajstić information content (AvgIpc) is 2.76. The largest absolute Gasteiger partial charge is 0.387 e. The van der Waals surface area contributed by atoms with Gasteiger partial charge < -0.3 is 22.0 Å². The molecule has 2 atom stereocenters. The van der Waals surface area contributed by atoms with Crippen molar-refractivity contribution in [3.8, 4) is 0 Å². The molecule has 174 valence electrons. The van der Waals surface area contributed by atoms with E-state index >= 15 is 0 Å². The maximum Gasteiger partial charge on any atom is 0.275 e. The van der Waals surface area contributed by atoms with Crippen LogP contribution >= 0.6 is 0 Å². The third kappa shape index (κ3) is 5.06. The molecular formula is C21H24N6O5S. The van der Waals surface area contributed by atoms with Gasteiger partial charge in [-0.1, -0.05) is 30.3 Å². The molecule has 2 unspecified atom stereocenters. The third-order valence-electron chi connectivity index (χ3n) is 4.93. The summed E-state index contributed by atoms with van der Waals surface area (Å²) in [6, 6.07) is 13.4. The van der Waals surface area contributed by atoms with Crippen LogP contribution in [0.4, 0.5) is 5.69 Å². The number of oxime groups is 1. The predicted octanol–water partition coefficient (Wildman–Crippen LogP) is 0.731. The van der Waals surface area contributed by atoms with Gasteiger partial charge in [-0.25, -0.2) is 8.42 Å². The topological polar surface area (TPSA) is 185 Å². The number of nitrogens with one attached hydrogen (secondary N) is 1. The first-order valence-corrected chi connectivity index (χ1v) is 11.3. The molecule has 1 heterocycles. The smallest absolute Gasteiger partial charge is 0.275 e. The number of pyridine rings is 1. The van der Waals surface area contributed by atoms with Crippen LogP contribution in [0.25, 0.3) is 10.8 Å². The van der Waals surface area contributed by atoms with E-state index in [1.807, 2.05) is 12.1 Å². The van der Waals surface area contributed by atoms with E-state index < -0.39 is 33.6 Å². The van der Waals surface area contributed by atoms with E-state index in [0.29, 0.717) is 5.69 Å². The van der Waals surface area contributed by atoms with Crippen molar-refractivity contribution in [1.82, 2.24) is 4.57 Å². The SMILES string of the molecule is Cc1ccc(NS(=O)(=O)c2ccc3ccccc3c2)c(=O)n1C(C(N)=O)C(C)ON=C(N)N. The molecule has 1 amide bonds. The molecule has 3 rings (SSSR count). The number of hydrogen-bond donors (Lipinski definition) is 4. The Morgan fingerprint density at radius 1 is 1.06 bits per heavy atom. The minimum Gasteiger partial charge on any atom is -0.387 e. The molecule has 0 aliphatic rings. The van der Waals surface area contributed by atoms with Gasteiger partial charge in [-0.05, 0) is 54.0 Å². The zero-order valence-corrected chi connectivity index (χ0v) is 18.7. The van der Waals surface area contributed by atoms with Crippen LogP contribution in [0, 0.1) is 6.92 Å². The van der Waals surface area contributed by atoms with Gasteiger partial charge in [0, 0.05) is 5.69 Å². The predicted molar refractivity (Wildman–Crippen MR) is 125 cm³/mol. The lowest BCUT2D eigenvalue weighted by Crippen LogP contribution is -2.42. The van der Waals surface area contributed by atoms with Crippen molar-refractivity contribution in [3.05, 3.63) is 70.6 Å². The molecule has 11 nitrogen and oxygen atoms in total. The van der Waals surface area contributed by atoms with Crippen LogP contribution in [0.2, 0.25) is 0 Å². The zero-order valence-electron chi connectivity index (χ0n) is 17.9. The lowest BCUT2D eigenvalue weighted by molar-refractivity contribution is -0.125. The third-order valence-corrected chi connectivity index (χ3v) is 6.30. The molecule has 1 aromatic heterocycles. The van der Waals surface area contributed by atoms with E-state index in [1.54, 1.807) is 25.1 Å². The van der Waals surface area contributed by atoms with Crippen molar-refractivity contribution in [3.63, 3.8) is 0 Å². The number of amides is 1. The number of aryl methyl sites for hydroxylation is 1. The number of aromatic nitrogens is 1. The molecular weight excluding hydrogens is 448 g/mol. The molecule has 2 aromatic carbocycles. The van der Waals surface area contributed by atoms with Gasteiger partial charge in [-0.15, -0.1) is 0 Å². The van der Waals surface area contributed by atoms with Gasteiger partial charge >= 0.3 is 0 Å². The number of benzene rings is 2. The summed E-state index contributed by atoms with van der Waals surface area (Å²) in [6.45, 7) is 3.01. The molecule has 33 heavy (non-hydrogen) atoms. The van der Waals surface area contributed by atoms with Crippen LogP contribution in [0.3, 0.4) is 0 Å². The van der Waals surface area contributed by atoms with E-state index in [1.165, 1.54) is 31.2 Å². The molecule has 0 aliphatic carbocycles.